The number of aromatic amines is 1. The van der Waals surface area contributed by atoms with Gasteiger partial charge >= 0.3 is 0 Å². The molecule has 0 aliphatic carbocycles. The van der Waals surface area contributed by atoms with Crippen LogP contribution in [0.1, 0.15) is 36.7 Å². The normalized spacial score (nSPS) is 16.7. The average molecular weight is 402 g/mol. The molecule has 1 N–H and O–H groups in total. The molecule has 5 nitrogen and oxygen atoms in total. The second-order valence-corrected chi connectivity index (χ2v) is 7.73. The van der Waals surface area contributed by atoms with Gasteiger partial charge in [0.25, 0.3) is 5.91 Å². The summed E-state index contributed by atoms with van der Waals surface area (Å²) in [6, 6.07) is 21.8. The number of piperazine rings is 1. The van der Waals surface area contributed by atoms with E-state index in [9.17, 15) is 9.59 Å². The Kier molecular flexibility index (Phi) is 5.98. The minimum Gasteiger partial charge on any atom is -0.357 e. The van der Waals surface area contributed by atoms with Crippen molar-refractivity contribution in [3.63, 3.8) is 0 Å². The average Bonchev–Trinajstić information content (AvgIpc) is 3.33. The third kappa shape index (κ3) is 4.15. The molecule has 3 aromatic rings. The highest BCUT2D eigenvalue weighted by Gasteiger charge is 2.36. The van der Waals surface area contributed by atoms with E-state index in [1.807, 2.05) is 35.2 Å². The van der Waals surface area contributed by atoms with Crippen molar-refractivity contribution >= 4 is 17.5 Å². The Bertz CT molecular complexity index is 998. The molecular weight excluding hydrogens is 374 g/mol. The number of nitrogens with one attached hydrogen (secondary N) is 1. The van der Waals surface area contributed by atoms with Gasteiger partial charge in [-0.05, 0) is 41.8 Å². The summed E-state index contributed by atoms with van der Waals surface area (Å²) in [5, 5.41) is 0. The molecule has 2 amide bonds. The van der Waals surface area contributed by atoms with Crippen molar-refractivity contribution in [1.29, 1.82) is 0 Å². The van der Waals surface area contributed by atoms with Crippen molar-refractivity contribution in [1.82, 2.24) is 9.88 Å². The Morgan fingerprint density at radius 2 is 1.83 bits per heavy atom. The van der Waals surface area contributed by atoms with Crippen molar-refractivity contribution < 1.29 is 9.59 Å². The highest BCUT2D eigenvalue weighted by atomic mass is 16.2. The molecule has 0 unspecified atom stereocenters. The van der Waals surface area contributed by atoms with E-state index in [1.165, 1.54) is 0 Å². The topological polar surface area (TPSA) is 56.4 Å². The number of nitrogens with zero attached hydrogens (tertiary/aromatic N) is 2. The number of hydrogen-bond acceptors (Lipinski definition) is 2. The van der Waals surface area contributed by atoms with Crippen LogP contribution in [-0.4, -0.2) is 40.8 Å². The summed E-state index contributed by atoms with van der Waals surface area (Å²) in [6.07, 6.45) is 4.69. The van der Waals surface area contributed by atoms with Crippen LogP contribution in [-0.2, 0) is 4.79 Å². The first-order chi connectivity index (χ1) is 14.7. The number of benzene rings is 2. The highest BCUT2D eigenvalue weighted by molar-refractivity contribution is 6.01. The lowest BCUT2D eigenvalue weighted by Crippen LogP contribution is -2.58. The van der Waals surface area contributed by atoms with Crippen LogP contribution in [0.25, 0.3) is 11.1 Å². The Hall–Kier alpha value is -3.34. The molecule has 0 radical (unpaired) electrons. The molecule has 0 saturated carbocycles. The molecule has 1 atom stereocenters. The molecule has 0 spiro atoms. The monoisotopic (exact) mass is 401 g/mol. The number of carbonyl (C=O) groups is 2. The minimum atomic E-state index is -0.105. The number of anilines is 1. The van der Waals surface area contributed by atoms with Crippen molar-refractivity contribution in [3.05, 3.63) is 78.6 Å². The zero-order chi connectivity index (χ0) is 20.9. The van der Waals surface area contributed by atoms with Gasteiger partial charge in [-0.1, -0.05) is 62.2 Å². The van der Waals surface area contributed by atoms with Gasteiger partial charge in [0, 0.05) is 18.4 Å². The van der Waals surface area contributed by atoms with E-state index >= 15 is 0 Å². The van der Waals surface area contributed by atoms with Crippen molar-refractivity contribution in [3.8, 4) is 11.1 Å². The fourth-order valence-corrected chi connectivity index (χ4v) is 4.05. The summed E-state index contributed by atoms with van der Waals surface area (Å²) in [4.78, 5) is 32.6. The van der Waals surface area contributed by atoms with Gasteiger partial charge in [-0.2, -0.15) is 0 Å². The zero-order valence-electron chi connectivity index (χ0n) is 17.3. The van der Waals surface area contributed by atoms with E-state index in [0.717, 1.165) is 36.1 Å². The maximum absolute atomic E-state index is 13.1. The minimum absolute atomic E-state index is 0.00108. The molecule has 1 aliphatic heterocycles. The second-order valence-electron chi connectivity index (χ2n) is 7.73. The van der Waals surface area contributed by atoms with Crippen molar-refractivity contribution in [2.45, 2.75) is 32.2 Å². The number of unbranched alkanes of at least 4 members (excludes halogenated alkanes) is 1. The predicted molar refractivity (Wildman–Crippen MR) is 119 cm³/mol. The standard InChI is InChI=1S/C25H27N3O2/c1-2-3-12-22-17-27(24(29)18-28(22)25(30)23-14-8-15-26-23)21-13-7-11-20(16-21)19-9-5-4-6-10-19/h4-11,13-16,22,26H,2-3,12,17-18H2,1H3/t22-/m0/s1. The molecule has 1 aliphatic rings. The lowest BCUT2D eigenvalue weighted by atomic mass is 10.0. The predicted octanol–water partition coefficient (Wildman–Crippen LogP) is 4.73. The first kappa shape index (κ1) is 20.0. The van der Waals surface area contributed by atoms with Crippen LogP contribution in [0.3, 0.4) is 0 Å². The van der Waals surface area contributed by atoms with Crippen LogP contribution in [0.4, 0.5) is 5.69 Å². The van der Waals surface area contributed by atoms with Gasteiger partial charge < -0.3 is 14.8 Å². The van der Waals surface area contributed by atoms with E-state index in [-0.39, 0.29) is 24.4 Å². The van der Waals surface area contributed by atoms with E-state index in [1.54, 1.807) is 23.2 Å². The summed E-state index contributed by atoms with van der Waals surface area (Å²) < 4.78 is 0. The summed E-state index contributed by atoms with van der Waals surface area (Å²) >= 11 is 0. The smallest absolute Gasteiger partial charge is 0.271 e. The number of amides is 2. The number of rotatable bonds is 6. The van der Waals surface area contributed by atoms with E-state index in [0.29, 0.717) is 12.2 Å². The van der Waals surface area contributed by atoms with Crippen LogP contribution < -0.4 is 4.90 Å². The van der Waals surface area contributed by atoms with E-state index < -0.39 is 0 Å². The highest BCUT2D eigenvalue weighted by Crippen LogP contribution is 2.28. The van der Waals surface area contributed by atoms with Gasteiger partial charge in [-0.25, -0.2) is 0 Å². The lowest BCUT2D eigenvalue weighted by Gasteiger charge is -2.41. The Balaban J connectivity index is 1.60. The van der Waals surface area contributed by atoms with Crippen LogP contribution in [0.15, 0.2) is 72.9 Å². The molecule has 5 heteroatoms. The first-order valence-corrected chi connectivity index (χ1v) is 10.6. The molecule has 1 fully saturated rings. The molecule has 4 rings (SSSR count). The molecule has 1 aromatic heterocycles. The summed E-state index contributed by atoms with van der Waals surface area (Å²) in [5.41, 5.74) is 3.62. The van der Waals surface area contributed by atoms with Gasteiger partial charge in [0.15, 0.2) is 0 Å². The molecule has 1 saturated heterocycles. The molecular formula is C25H27N3O2. The van der Waals surface area contributed by atoms with Crippen molar-refractivity contribution in [2.75, 3.05) is 18.0 Å². The molecule has 2 heterocycles. The van der Waals surface area contributed by atoms with E-state index in [4.69, 9.17) is 0 Å². The largest absolute Gasteiger partial charge is 0.357 e. The van der Waals surface area contributed by atoms with Gasteiger partial charge in [0.1, 0.15) is 12.2 Å². The Morgan fingerprint density at radius 3 is 2.57 bits per heavy atom. The maximum atomic E-state index is 13.1. The SMILES string of the molecule is CCCC[C@H]1CN(c2cccc(-c3ccccc3)c2)C(=O)CN1C(=O)c1ccc[nH]1. The van der Waals surface area contributed by atoms with Crippen molar-refractivity contribution in [2.24, 2.45) is 0 Å². The molecule has 0 bridgehead atoms. The zero-order valence-corrected chi connectivity index (χ0v) is 17.3. The fraction of sp³-hybridized carbons (Fsp3) is 0.280. The van der Waals surface area contributed by atoms with Crippen LogP contribution in [0.2, 0.25) is 0 Å². The van der Waals surface area contributed by atoms with E-state index in [2.05, 4.69) is 36.2 Å². The Morgan fingerprint density at radius 1 is 1.03 bits per heavy atom. The van der Waals surface area contributed by atoms with Crippen LogP contribution >= 0.6 is 0 Å². The van der Waals surface area contributed by atoms with Gasteiger partial charge in [0.2, 0.25) is 5.91 Å². The fourth-order valence-electron chi connectivity index (χ4n) is 4.05. The first-order valence-electron chi connectivity index (χ1n) is 10.6. The summed E-state index contributed by atoms with van der Waals surface area (Å²) in [5.74, 6) is -0.153. The van der Waals surface area contributed by atoms with Gasteiger partial charge in [-0.3, -0.25) is 9.59 Å². The quantitative estimate of drug-likeness (QED) is 0.649. The number of aromatic nitrogens is 1. The summed E-state index contributed by atoms with van der Waals surface area (Å²) in [7, 11) is 0. The molecule has 2 aromatic carbocycles. The van der Waals surface area contributed by atoms with Crippen LogP contribution in [0.5, 0.6) is 0 Å². The number of hydrogen-bond donors (Lipinski definition) is 1. The van der Waals surface area contributed by atoms with Crippen LogP contribution in [0, 0.1) is 0 Å². The summed E-state index contributed by atoms with van der Waals surface area (Å²) in [6.45, 7) is 2.76. The maximum Gasteiger partial charge on any atom is 0.271 e. The lowest BCUT2D eigenvalue weighted by molar-refractivity contribution is -0.121. The van der Waals surface area contributed by atoms with Gasteiger partial charge in [0.05, 0.1) is 6.04 Å². The molecule has 154 valence electrons. The second kappa shape index (κ2) is 8.99. The third-order valence-electron chi connectivity index (χ3n) is 5.69. The molecule has 30 heavy (non-hydrogen) atoms. The number of carbonyl (C=O) groups excluding carboxylic acids is 2. The Labute approximate surface area is 177 Å². The van der Waals surface area contributed by atoms with Gasteiger partial charge in [-0.15, -0.1) is 0 Å². The number of H-pyrrole nitrogens is 1. The third-order valence-corrected chi connectivity index (χ3v) is 5.69.